The molecule has 48 valence electrons. The highest BCUT2D eigenvalue weighted by molar-refractivity contribution is 4.80. The van der Waals surface area contributed by atoms with E-state index in [0.29, 0.717) is 5.92 Å². The van der Waals surface area contributed by atoms with Crippen molar-refractivity contribution in [2.45, 2.75) is 25.7 Å². The molecule has 3 atom stereocenters. The largest absolute Gasteiger partial charge is 0.316 e. The van der Waals surface area contributed by atoms with Crippen LogP contribution < -0.4 is 16.8 Å². The first-order valence-corrected chi connectivity index (χ1v) is 2.97. The van der Waals surface area contributed by atoms with Gasteiger partial charge in [0.1, 0.15) is 0 Å². The molecule has 3 unspecified atom stereocenters. The average Bonchev–Trinajstić information content (AvgIpc) is 1.85. The summed E-state index contributed by atoms with van der Waals surface area (Å²) in [6.07, 6.45) is 1.24. The molecular formula is C5H13N3. The Labute approximate surface area is 49.4 Å². The Morgan fingerprint density at radius 3 is 2.25 bits per heavy atom. The third-order valence-corrected chi connectivity index (χ3v) is 1.65. The molecule has 1 saturated heterocycles. The highest BCUT2D eigenvalue weighted by atomic mass is 15.2. The highest BCUT2D eigenvalue weighted by Crippen LogP contribution is 2.12. The van der Waals surface area contributed by atoms with Crippen LogP contribution in [0.5, 0.6) is 0 Å². The van der Waals surface area contributed by atoms with Crippen LogP contribution in [-0.2, 0) is 0 Å². The van der Waals surface area contributed by atoms with Gasteiger partial charge in [0.05, 0.1) is 12.3 Å². The Morgan fingerprint density at radius 2 is 2.12 bits per heavy atom. The van der Waals surface area contributed by atoms with Crippen LogP contribution in [0.4, 0.5) is 0 Å². The van der Waals surface area contributed by atoms with Gasteiger partial charge in [-0.05, 0) is 12.3 Å². The Balaban J connectivity index is 2.39. The minimum Gasteiger partial charge on any atom is -0.316 e. The fraction of sp³-hybridized carbons (Fsp3) is 1.00. The Morgan fingerprint density at radius 1 is 1.50 bits per heavy atom. The van der Waals surface area contributed by atoms with Crippen molar-refractivity contribution >= 4 is 0 Å². The van der Waals surface area contributed by atoms with Gasteiger partial charge in [-0.3, -0.25) is 5.32 Å². The van der Waals surface area contributed by atoms with Gasteiger partial charge in [0, 0.05) is 0 Å². The summed E-state index contributed by atoms with van der Waals surface area (Å²) < 4.78 is 0. The zero-order chi connectivity index (χ0) is 6.15. The molecule has 3 heteroatoms. The fourth-order valence-corrected chi connectivity index (χ4v) is 1.03. The second-order valence-electron chi connectivity index (χ2n) is 2.51. The lowest BCUT2D eigenvalue weighted by Gasteiger charge is -2.06. The lowest BCUT2D eigenvalue weighted by molar-refractivity contribution is 0.495. The van der Waals surface area contributed by atoms with Crippen LogP contribution in [0.15, 0.2) is 0 Å². The molecule has 0 bridgehead atoms. The molecule has 5 N–H and O–H groups in total. The van der Waals surface area contributed by atoms with Crippen LogP contribution in [-0.4, -0.2) is 12.3 Å². The quantitative estimate of drug-likeness (QED) is 0.386. The van der Waals surface area contributed by atoms with Gasteiger partial charge in [0.15, 0.2) is 0 Å². The van der Waals surface area contributed by atoms with Crippen LogP contribution in [0.1, 0.15) is 13.3 Å². The Kier molecular flexibility index (Phi) is 1.51. The first-order chi connectivity index (χ1) is 3.70. The summed E-state index contributed by atoms with van der Waals surface area (Å²) in [5, 5.41) is 3.02. The molecule has 0 radical (unpaired) electrons. The van der Waals surface area contributed by atoms with Crippen molar-refractivity contribution in [3.8, 4) is 0 Å². The van der Waals surface area contributed by atoms with E-state index in [1.165, 1.54) is 0 Å². The standard InChI is InChI=1S/C5H13N3/c1-3-2-4(6)8-5(3)7/h3-5,8H,2,6-7H2,1H3. The van der Waals surface area contributed by atoms with Crippen LogP contribution in [0.3, 0.4) is 0 Å². The molecule has 1 fully saturated rings. The summed E-state index contributed by atoms with van der Waals surface area (Å²) in [7, 11) is 0. The van der Waals surface area contributed by atoms with Crippen LogP contribution >= 0.6 is 0 Å². The van der Waals surface area contributed by atoms with Gasteiger partial charge >= 0.3 is 0 Å². The van der Waals surface area contributed by atoms with Crippen molar-refractivity contribution in [3.05, 3.63) is 0 Å². The monoisotopic (exact) mass is 115 g/mol. The third-order valence-electron chi connectivity index (χ3n) is 1.65. The minimum atomic E-state index is 0.116. The third kappa shape index (κ3) is 0.992. The molecule has 0 aromatic heterocycles. The molecule has 8 heavy (non-hydrogen) atoms. The number of nitrogens with two attached hydrogens (primary N) is 2. The van der Waals surface area contributed by atoms with E-state index in [1.807, 2.05) is 0 Å². The van der Waals surface area contributed by atoms with Crippen molar-refractivity contribution in [1.29, 1.82) is 0 Å². The van der Waals surface area contributed by atoms with Gasteiger partial charge in [-0.2, -0.15) is 0 Å². The van der Waals surface area contributed by atoms with Crippen molar-refractivity contribution in [2.24, 2.45) is 17.4 Å². The molecular weight excluding hydrogens is 102 g/mol. The molecule has 1 aliphatic rings. The number of nitrogens with one attached hydrogen (secondary N) is 1. The van der Waals surface area contributed by atoms with Crippen molar-refractivity contribution in [2.75, 3.05) is 0 Å². The predicted octanol–water partition coefficient (Wildman–Crippen LogP) is -0.815. The SMILES string of the molecule is CC1CC(N)NC1N. The van der Waals surface area contributed by atoms with E-state index in [-0.39, 0.29) is 12.3 Å². The summed E-state index contributed by atoms with van der Waals surface area (Å²) >= 11 is 0. The zero-order valence-corrected chi connectivity index (χ0v) is 5.09. The number of hydrogen-bond acceptors (Lipinski definition) is 3. The fourth-order valence-electron chi connectivity index (χ4n) is 1.03. The van der Waals surface area contributed by atoms with Crippen LogP contribution in [0.25, 0.3) is 0 Å². The van der Waals surface area contributed by atoms with Crippen molar-refractivity contribution < 1.29 is 0 Å². The maximum Gasteiger partial charge on any atom is 0.0585 e. The molecule has 0 amide bonds. The van der Waals surface area contributed by atoms with Gasteiger partial charge in [-0.15, -0.1) is 0 Å². The summed E-state index contributed by atoms with van der Waals surface area (Å²) in [6, 6.07) is 0. The van der Waals surface area contributed by atoms with Crippen molar-refractivity contribution in [3.63, 3.8) is 0 Å². The first-order valence-electron chi connectivity index (χ1n) is 2.97. The summed E-state index contributed by atoms with van der Waals surface area (Å²) in [5.74, 6) is 0.532. The predicted molar refractivity (Wildman–Crippen MR) is 32.9 cm³/mol. The second-order valence-corrected chi connectivity index (χ2v) is 2.51. The lowest BCUT2D eigenvalue weighted by atomic mass is 10.1. The number of hydrogen-bond donors (Lipinski definition) is 3. The van der Waals surface area contributed by atoms with E-state index in [2.05, 4.69) is 12.2 Å². The van der Waals surface area contributed by atoms with E-state index < -0.39 is 0 Å². The summed E-state index contributed by atoms with van der Waals surface area (Å²) in [6.45, 7) is 2.10. The molecule has 0 aromatic carbocycles. The van der Waals surface area contributed by atoms with Gasteiger partial charge in [-0.1, -0.05) is 6.92 Å². The van der Waals surface area contributed by atoms with Crippen LogP contribution in [0, 0.1) is 5.92 Å². The molecule has 0 saturated carbocycles. The summed E-state index contributed by atoms with van der Waals surface area (Å²) in [5.41, 5.74) is 11.1. The Bertz CT molecular complexity index is 73.7. The van der Waals surface area contributed by atoms with E-state index in [4.69, 9.17) is 11.5 Å². The maximum atomic E-state index is 5.58. The molecule has 1 rings (SSSR count). The second kappa shape index (κ2) is 2.01. The van der Waals surface area contributed by atoms with E-state index in [1.54, 1.807) is 0 Å². The van der Waals surface area contributed by atoms with Gasteiger partial charge < -0.3 is 11.5 Å². The molecule has 1 aliphatic heterocycles. The maximum absolute atomic E-state index is 5.58. The van der Waals surface area contributed by atoms with Gasteiger partial charge in [-0.25, -0.2) is 0 Å². The average molecular weight is 115 g/mol. The number of rotatable bonds is 0. The Hall–Kier alpha value is -0.120. The van der Waals surface area contributed by atoms with E-state index in [0.717, 1.165) is 6.42 Å². The van der Waals surface area contributed by atoms with E-state index >= 15 is 0 Å². The topological polar surface area (TPSA) is 64.1 Å². The summed E-state index contributed by atoms with van der Waals surface area (Å²) in [4.78, 5) is 0. The molecule has 3 nitrogen and oxygen atoms in total. The molecule has 0 spiro atoms. The van der Waals surface area contributed by atoms with Crippen molar-refractivity contribution in [1.82, 2.24) is 5.32 Å². The molecule has 1 heterocycles. The molecule has 0 aliphatic carbocycles. The molecule has 0 aromatic rings. The lowest BCUT2D eigenvalue weighted by Crippen LogP contribution is -2.41. The van der Waals surface area contributed by atoms with Gasteiger partial charge in [0.25, 0.3) is 0 Å². The smallest absolute Gasteiger partial charge is 0.0585 e. The van der Waals surface area contributed by atoms with Gasteiger partial charge in [0.2, 0.25) is 0 Å². The highest BCUT2D eigenvalue weighted by Gasteiger charge is 2.24. The normalized spacial score (nSPS) is 47.6. The van der Waals surface area contributed by atoms with Crippen LogP contribution in [0.2, 0.25) is 0 Å². The first kappa shape index (κ1) is 6.01. The van der Waals surface area contributed by atoms with E-state index in [9.17, 15) is 0 Å². The zero-order valence-electron chi connectivity index (χ0n) is 5.09. The minimum absolute atomic E-state index is 0.116.